The number of carbonyl (C=O) groups is 1. The van der Waals surface area contributed by atoms with Crippen molar-refractivity contribution in [3.05, 3.63) is 58.6 Å². The molecule has 0 bridgehead atoms. The number of para-hydroxylation sites is 1. The highest BCUT2D eigenvalue weighted by Gasteiger charge is 2.29. The van der Waals surface area contributed by atoms with E-state index in [1.54, 1.807) is 0 Å². The van der Waals surface area contributed by atoms with Crippen molar-refractivity contribution in [3.63, 3.8) is 0 Å². The van der Waals surface area contributed by atoms with Crippen LogP contribution in [0.15, 0.2) is 42.5 Å². The minimum atomic E-state index is -0.0795. The van der Waals surface area contributed by atoms with Crippen LogP contribution in [0.3, 0.4) is 0 Å². The molecule has 1 heterocycles. The third-order valence-electron chi connectivity index (χ3n) is 5.24. The molecule has 1 amide bonds. The number of quaternary nitrogens is 1. The topological polar surface area (TPSA) is 36.8 Å². The lowest BCUT2D eigenvalue weighted by molar-refractivity contribution is -0.914. The summed E-state index contributed by atoms with van der Waals surface area (Å²) in [6.07, 6.45) is 0. The first-order valence-corrected chi connectivity index (χ1v) is 9.55. The number of hydrogen-bond acceptors (Lipinski definition) is 2. The van der Waals surface area contributed by atoms with E-state index in [4.69, 9.17) is 11.6 Å². The first-order valence-electron chi connectivity index (χ1n) is 9.18. The summed E-state index contributed by atoms with van der Waals surface area (Å²) in [5, 5.41) is 3.88. The van der Waals surface area contributed by atoms with Gasteiger partial charge in [0.05, 0.1) is 36.9 Å². The third kappa shape index (κ3) is 4.19. The first-order chi connectivity index (χ1) is 12.5. The van der Waals surface area contributed by atoms with Gasteiger partial charge in [0.1, 0.15) is 0 Å². The lowest BCUT2D eigenvalue weighted by Crippen LogP contribution is -3.19. The van der Waals surface area contributed by atoms with Crippen molar-refractivity contribution in [3.8, 4) is 0 Å². The fraction of sp³-hybridized carbons (Fsp3) is 0.381. The van der Waals surface area contributed by atoms with Crippen molar-refractivity contribution >= 4 is 28.9 Å². The molecule has 4 nitrogen and oxygen atoms in total. The molecule has 26 heavy (non-hydrogen) atoms. The normalized spacial score (nSPS) is 16.4. The Morgan fingerprint density at radius 1 is 1.15 bits per heavy atom. The van der Waals surface area contributed by atoms with Crippen LogP contribution < -0.4 is 15.1 Å². The molecule has 1 fully saturated rings. The molecule has 138 valence electrons. The predicted molar refractivity (Wildman–Crippen MR) is 108 cm³/mol. The van der Waals surface area contributed by atoms with E-state index in [2.05, 4.69) is 29.3 Å². The van der Waals surface area contributed by atoms with E-state index in [1.165, 1.54) is 10.5 Å². The maximum Gasteiger partial charge on any atom is 0.282 e. The van der Waals surface area contributed by atoms with Gasteiger partial charge in [0.25, 0.3) is 5.91 Å². The lowest BCUT2D eigenvalue weighted by Gasteiger charge is -2.36. The Hall–Kier alpha value is -2.04. The molecule has 2 aromatic carbocycles. The second kappa shape index (κ2) is 8.11. The van der Waals surface area contributed by atoms with Gasteiger partial charge >= 0.3 is 0 Å². The Morgan fingerprint density at radius 3 is 2.50 bits per heavy atom. The average molecular weight is 373 g/mol. The Bertz CT molecular complexity index is 785. The van der Waals surface area contributed by atoms with Gasteiger partial charge in [-0.3, -0.25) is 4.79 Å². The highest BCUT2D eigenvalue weighted by molar-refractivity contribution is 6.33. The van der Waals surface area contributed by atoms with Crippen LogP contribution in [-0.4, -0.2) is 38.1 Å². The molecule has 3 rings (SSSR count). The summed E-state index contributed by atoms with van der Waals surface area (Å²) in [6, 6.07) is 14.0. The Balaban J connectivity index is 1.58. The Morgan fingerprint density at radius 2 is 1.85 bits per heavy atom. The van der Waals surface area contributed by atoms with E-state index in [0.717, 1.165) is 48.1 Å². The largest absolute Gasteiger partial charge is 0.359 e. The van der Waals surface area contributed by atoms with Gasteiger partial charge in [0, 0.05) is 5.69 Å². The van der Waals surface area contributed by atoms with Crippen molar-refractivity contribution in [2.24, 2.45) is 0 Å². The fourth-order valence-corrected chi connectivity index (χ4v) is 3.81. The molecule has 5 heteroatoms. The molecule has 1 aliphatic rings. The van der Waals surface area contributed by atoms with Crippen molar-refractivity contribution in [1.29, 1.82) is 0 Å². The van der Waals surface area contributed by atoms with Crippen LogP contribution in [0.2, 0.25) is 5.02 Å². The fourth-order valence-electron chi connectivity index (χ4n) is 3.56. The van der Waals surface area contributed by atoms with Crippen LogP contribution in [-0.2, 0) is 4.79 Å². The molecular formula is C21H27ClN3O+. The van der Waals surface area contributed by atoms with Gasteiger partial charge < -0.3 is 15.1 Å². The Kier molecular flexibility index (Phi) is 5.84. The Labute approximate surface area is 160 Å². The number of piperazine rings is 1. The second-order valence-electron chi connectivity index (χ2n) is 7.13. The van der Waals surface area contributed by atoms with E-state index in [-0.39, 0.29) is 11.9 Å². The van der Waals surface area contributed by atoms with Gasteiger partial charge in [-0.1, -0.05) is 41.4 Å². The van der Waals surface area contributed by atoms with Crippen LogP contribution in [0.4, 0.5) is 11.4 Å². The average Bonchev–Trinajstić information content (AvgIpc) is 2.64. The minimum Gasteiger partial charge on any atom is -0.359 e. The number of nitrogens with zero attached hydrogens (tertiary/aromatic N) is 1. The van der Waals surface area contributed by atoms with E-state index < -0.39 is 0 Å². The summed E-state index contributed by atoms with van der Waals surface area (Å²) in [4.78, 5) is 16.3. The maximum atomic E-state index is 12.7. The first kappa shape index (κ1) is 18.7. The molecule has 0 spiro atoms. The summed E-state index contributed by atoms with van der Waals surface area (Å²) >= 11 is 6.31. The number of hydrogen-bond donors (Lipinski definition) is 2. The number of rotatable bonds is 4. The molecule has 1 saturated heterocycles. The van der Waals surface area contributed by atoms with Gasteiger partial charge in [0.15, 0.2) is 6.04 Å². The monoisotopic (exact) mass is 372 g/mol. The molecule has 0 aliphatic carbocycles. The van der Waals surface area contributed by atoms with E-state index in [0.29, 0.717) is 0 Å². The zero-order valence-electron chi connectivity index (χ0n) is 15.7. The number of anilines is 2. The lowest BCUT2D eigenvalue weighted by atomic mass is 10.1. The predicted octanol–water partition coefficient (Wildman–Crippen LogP) is 2.69. The molecule has 2 aromatic rings. The maximum absolute atomic E-state index is 12.7. The van der Waals surface area contributed by atoms with Crippen molar-refractivity contribution < 1.29 is 9.69 Å². The zero-order chi connectivity index (χ0) is 18.7. The minimum absolute atomic E-state index is 0.0795. The van der Waals surface area contributed by atoms with Crippen LogP contribution in [0.25, 0.3) is 0 Å². The molecule has 0 saturated carbocycles. The number of nitrogens with one attached hydrogen (secondary N) is 2. The van der Waals surface area contributed by atoms with Crippen molar-refractivity contribution in [2.75, 3.05) is 36.4 Å². The van der Waals surface area contributed by atoms with Crippen molar-refractivity contribution in [2.45, 2.75) is 26.8 Å². The van der Waals surface area contributed by atoms with E-state index in [1.807, 2.05) is 44.2 Å². The highest BCUT2D eigenvalue weighted by atomic mass is 35.5. The summed E-state index contributed by atoms with van der Waals surface area (Å²) in [6.45, 7) is 9.76. The smallest absolute Gasteiger partial charge is 0.282 e. The van der Waals surface area contributed by atoms with Gasteiger partial charge in [-0.15, -0.1) is 0 Å². The van der Waals surface area contributed by atoms with Gasteiger partial charge in [0.2, 0.25) is 0 Å². The number of amides is 1. The summed E-state index contributed by atoms with van der Waals surface area (Å²) in [7, 11) is 0. The molecule has 2 N–H and O–H groups in total. The summed E-state index contributed by atoms with van der Waals surface area (Å²) < 4.78 is 0. The molecule has 0 radical (unpaired) electrons. The van der Waals surface area contributed by atoms with Crippen LogP contribution in [0.1, 0.15) is 18.1 Å². The van der Waals surface area contributed by atoms with Crippen LogP contribution in [0.5, 0.6) is 0 Å². The SMILES string of the molecule is Cc1ccc(NC(=O)[C@H](C)[NH+]2CCN(c3ccccc3Cl)CC2)c(C)c1. The third-order valence-corrected chi connectivity index (χ3v) is 5.56. The summed E-state index contributed by atoms with van der Waals surface area (Å²) in [5.41, 5.74) is 4.29. The second-order valence-corrected chi connectivity index (χ2v) is 7.53. The number of carbonyl (C=O) groups excluding carboxylic acids is 1. The zero-order valence-corrected chi connectivity index (χ0v) is 16.4. The van der Waals surface area contributed by atoms with E-state index in [9.17, 15) is 4.79 Å². The van der Waals surface area contributed by atoms with Gasteiger partial charge in [-0.25, -0.2) is 0 Å². The van der Waals surface area contributed by atoms with E-state index >= 15 is 0 Å². The highest BCUT2D eigenvalue weighted by Crippen LogP contribution is 2.24. The molecule has 1 atom stereocenters. The number of halogens is 1. The molecular weight excluding hydrogens is 346 g/mol. The molecule has 0 unspecified atom stereocenters. The van der Waals surface area contributed by atoms with Crippen LogP contribution >= 0.6 is 11.6 Å². The standard InChI is InChI=1S/C21H26ClN3O/c1-15-8-9-19(16(2)14-15)23-21(26)17(3)24-10-12-25(13-11-24)20-7-5-4-6-18(20)22/h4-9,14,17H,10-13H2,1-3H3,(H,23,26)/p+1/t17-/m0/s1. The van der Waals surface area contributed by atoms with Crippen molar-refractivity contribution in [1.82, 2.24) is 0 Å². The number of aryl methyl sites for hydroxylation is 2. The quantitative estimate of drug-likeness (QED) is 0.865. The summed E-state index contributed by atoms with van der Waals surface area (Å²) in [5.74, 6) is 0.0816. The molecule has 1 aliphatic heterocycles. The number of benzene rings is 2. The van der Waals surface area contributed by atoms with Gasteiger partial charge in [-0.05, 0) is 44.5 Å². The van der Waals surface area contributed by atoms with Crippen LogP contribution in [0, 0.1) is 13.8 Å². The molecule has 0 aromatic heterocycles. The van der Waals surface area contributed by atoms with Gasteiger partial charge in [-0.2, -0.15) is 0 Å².